The van der Waals surface area contributed by atoms with E-state index in [0.29, 0.717) is 17.2 Å². The normalized spacial score (nSPS) is 17.0. The highest BCUT2D eigenvalue weighted by atomic mass is 16.5. The molecule has 0 aliphatic carbocycles. The molecule has 1 aliphatic rings. The van der Waals surface area contributed by atoms with Crippen molar-refractivity contribution in [2.24, 2.45) is 0 Å². The zero-order chi connectivity index (χ0) is 20.5. The first-order valence-electron chi connectivity index (χ1n) is 9.39. The monoisotopic (exact) mass is 390 g/mol. The maximum absolute atomic E-state index is 13.6. The van der Waals surface area contributed by atoms with Gasteiger partial charge >= 0.3 is 0 Å². The topological polar surface area (TPSA) is 63.0 Å². The van der Waals surface area contributed by atoms with E-state index >= 15 is 0 Å². The Morgan fingerprint density at radius 1 is 0.966 bits per heavy atom. The highest BCUT2D eigenvalue weighted by Gasteiger charge is 2.44. The lowest BCUT2D eigenvalue weighted by molar-refractivity contribution is -0.129. The van der Waals surface area contributed by atoms with E-state index in [2.05, 4.69) is 0 Å². The first-order chi connectivity index (χ1) is 14.0. The third kappa shape index (κ3) is 3.16. The number of furan rings is 1. The standard InChI is InChI=1S/C23H22N2O4/c1-15-8-6-10-17(16(15)2)24-14-21(26)25(18-9-4-5-11-19(18)28-3)22(23(24)27)20-12-7-13-29-20/h4-13,22H,14H2,1-3H3/t22-/m1/s1. The number of para-hydroxylation sites is 2. The molecule has 4 rings (SSSR count). The summed E-state index contributed by atoms with van der Waals surface area (Å²) in [4.78, 5) is 30.0. The van der Waals surface area contributed by atoms with Crippen molar-refractivity contribution in [1.29, 1.82) is 0 Å². The maximum atomic E-state index is 13.6. The van der Waals surface area contributed by atoms with Crippen molar-refractivity contribution in [3.63, 3.8) is 0 Å². The number of rotatable bonds is 4. The number of hydrogen-bond acceptors (Lipinski definition) is 4. The number of carbonyl (C=O) groups excluding carboxylic acids is 2. The van der Waals surface area contributed by atoms with Crippen molar-refractivity contribution in [3.8, 4) is 5.75 Å². The molecular weight excluding hydrogens is 368 g/mol. The van der Waals surface area contributed by atoms with Gasteiger partial charge in [0.15, 0.2) is 6.04 Å². The molecule has 2 aromatic carbocycles. The molecule has 0 radical (unpaired) electrons. The second kappa shape index (κ2) is 7.47. The van der Waals surface area contributed by atoms with Crippen LogP contribution in [0.25, 0.3) is 0 Å². The van der Waals surface area contributed by atoms with Gasteiger partial charge in [0.1, 0.15) is 18.1 Å². The van der Waals surface area contributed by atoms with E-state index in [1.807, 2.05) is 44.2 Å². The number of aryl methyl sites for hydroxylation is 1. The Labute approximate surface area is 169 Å². The van der Waals surface area contributed by atoms with E-state index < -0.39 is 6.04 Å². The summed E-state index contributed by atoms with van der Waals surface area (Å²) in [7, 11) is 1.54. The van der Waals surface area contributed by atoms with Crippen molar-refractivity contribution in [2.75, 3.05) is 23.5 Å². The Balaban J connectivity index is 1.84. The number of amides is 2. The molecule has 6 nitrogen and oxygen atoms in total. The highest BCUT2D eigenvalue weighted by Crippen LogP contribution is 2.39. The number of piperazine rings is 1. The number of ether oxygens (including phenoxy) is 1. The molecule has 2 amide bonds. The average molecular weight is 390 g/mol. The average Bonchev–Trinajstić information content (AvgIpc) is 3.26. The fourth-order valence-corrected chi connectivity index (χ4v) is 3.72. The van der Waals surface area contributed by atoms with Crippen LogP contribution in [0.2, 0.25) is 0 Å². The van der Waals surface area contributed by atoms with Crippen molar-refractivity contribution in [3.05, 3.63) is 77.7 Å². The molecule has 0 saturated carbocycles. The number of carbonyl (C=O) groups is 2. The van der Waals surface area contributed by atoms with Crippen LogP contribution >= 0.6 is 0 Å². The first-order valence-corrected chi connectivity index (χ1v) is 9.39. The van der Waals surface area contributed by atoms with Crippen molar-refractivity contribution < 1.29 is 18.7 Å². The second-order valence-electron chi connectivity index (χ2n) is 7.00. The quantitative estimate of drug-likeness (QED) is 0.675. The molecule has 1 fully saturated rings. The molecule has 1 aromatic heterocycles. The molecular formula is C23H22N2O4. The molecule has 1 aliphatic heterocycles. The lowest BCUT2D eigenvalue weighted by Gasteiger charge is -2.40. The van der Waals surface area contributed by atoms with E-state index in [-0.39, 0.29) is 18.4 Å². The van der Waals surface area contributed by atoms with Crippen LogP contribution in [0, 0.1) is 13.8 Å². The van der Waals surface area contributed by atoms with Gasteiger partial charge in [-0.15, -0.1) is 0 Å². The number of methoxy groups -OCH3 is 1. The van der Waals surface area contributed by atoms with E-state index in [1.165, 1.54) is 11.2 Å². The summed E-state index contributed by atoms with van der Waals surface area (Å²) in [6.07, 6.45) is 1.50. The minimum absolute atomic E-state index is 0.0572. The molecule has 148 valence electrons. The van der Waals surface area contributed by atoms with E-state index in [4.69, 9.17) is 9.15 Å². The summed E-state index contributed by atoms with van der Waals surface area (Å²) < 4.78 is 11.0. The Morgan fingerprint density at radius 3 is 2.45 bits per heavy atom. The zero-order valence-electron chi connectivity index (χ0n) is 16.6. The van der Waals surface area contributed by atoms with Crippen LogP contribution in [0.4, 0.5) is 11.4 Å². The first kappa shape index (κ1) is 18.8. The predicted molar refractivity (Wildman–Crippen MR) is 110 cm³/mol. The number of nitrogens with zero attached hydrogens (tertiary/aromatic N) is 2. The van der Waals surface area contributed by atoms with Crippen molar-refractivity contribution >= 4 is 23.2 Å². The smallest absolute Gasteiger partial charge is 0.258 e. The molecule has 1 saturated heterocycles. The molecule has 2 heterocycles. The number of hydrogen-bond donors (Lipinski definition) is 0. The molecule has 0 bridgehead atoms. The van der Waals surface area contributed by atoms with Crippen LogP contribution in [0.15, 0.2) is 65.3 Å². The minimum Gasteiger partial charge on any atom is -0.495 e. The fourth-order valence-electron chi connectivity index (χ4n) is 3.72. The van der Waals surface area contributed by atoms with Crippen LogP contribution in [0.1, 0.15) is 22.9 Å². The fraction of sp³-hybridized carbons (Fsp3) is 0.217. The number of anilines is 2. The Morgan fingerprint density at radius 2 is 1.72 bits per heavy atom. The van der Waals surface area contributed by atoms with Gasteiger partial charge < -0.3 is 14.1 Å². The summed E-state index contributed by atoms with van der Waals surface area (Å²) in [5.74, 6) is 0.491. The summed E-state index contributed by atoms with van der Waals surface area (Å²) >= 11 is 0. The lowest BCUT2D eigenvalue weighted by atomic mass is 10.0. The summed E-state index contributed by atoms with van der Waals surface area (Å²) in [6.45, 7) is 3.88. The van der Waals surface area contributed by atoms with Crippen LogP contribution in [0.3, 0.4) is 0 Å². The van der Waals surface area contributed by atoms with Crippen molar-refractivity contribution in [2.45, 2.75) is 19.9 Å². The van der Waals surface area contributed by atoms with E-state index in [9.17, 15) is 9.59 Å². The predicted octanol–water partition coefficient (Wildman–Crippen LogP) is 4.03. The minimum atomic E-state index is -0.914. The Hall–Kier alpha value is -3.54. The van der Waals surface area contributed by atoms with Gasteiger partial charge in [-0.3, -0.25) is 14.5 Å². The molecule has 0 spiro atoms. The third-order valence-corrected chi connectivity index (χ3v) is 5.34. The SMILES string of the molecule is COc1ccccc1N1C(=O)CN(c2cccc(C)c2C)C(=O)[C@H]1c1ccco1. The molecule has 3 aromatic rings. The van der Waals surface area contributed by atoms with E-state index in [0.717, 1.165) is 16.8 Å². The lowest BCUT2D eigenvalue weighted by Crippen LogP contribution is -2.56. The van der Waals surface area contributed by atoms with Crippen LogP contribution in [0.5, 0.6) is 5.75 Å². The largest absolute Gasteiger partial charge is 0.495 e. The second-order valence-corrected chi connectivity index (χ2v) is 7.00. The molecule has 0 N–H and O–H groups in total. The summed E-state index contributed by atoms with van der Waals surface area (Å²) in [5.41, 5.74) is 3.30. The molecule has 6 heteroatoms. The van der Waals surface area contributed by atoms with Crippen LogP contribution < -0.4 is 14.5 Å². The van der Waals surface area contributed by atoms with Crippen molar-refractivity contribution in [1.82, 2.24) is 0 Å². The van der Waals surface area contributed by atoms with Gasteiger partial charge in [0.25, 0.3) is 5.91 Å². The third-order valence-electron chi connectivity index (χ3n) is 5.34. The Kier molecular flexibility index (Phi) is 4.84. The maximum Gasteiger partial charge on any atom is 0.258 e. The highest BCUT2D eigenvalue weighted by molar-refractivity contribution is 6.15. The van der Waals surface area contributed by atoms with Gasteiger partial charge in [-0.05, 0) is 55.3 Å². The summed E-state index contributed by atoms with van der Waals surface area (Å²) in [5, 5.41) is 0. The van der Waals surface area contributed by atoms with Gasteiger partial charge in [-0.25, -0.2) is 0 Å². The van der Waals surface area contributed by atoms with Gasteiger partial charge in [0, 0.05) is 5.69 Å². The zero-order valence-corrected chi connectivity index (χ0v) is 16.6. The Bertz CT molecular complexity index is 1060. The molecule has 0 unspecified atom stereocenters. The van der Waals surface area contributed by atoms with Gasteiger partial charge in [0.2, 0.25) is 5.91 Å². The molecule has 29 heavy (non-hydrogen) atoms. The van der Waals surface area contributed by atoms with Gasteiger partial charge in [0.05, 0.1) is 19.1 Å². The van der Waals surface area contributed by atoms with Crippen LogP contribution in [-0.2, 0) is 9.59 Å². The summed E-state index contributed by atoms with van der Waals surface area (Å²) in [6, 6.07) is 15.4. The van der Waals surface area contributed by atoms with Gasteiger partial charge in [-0.1, -0.05) is 24.3 Å². The van der Waals surface area contributed by atoms with Gasteiger partial charge in [-0.2, -0.15) is 0 Å². The number of benzene rings is 2. The molecule has 1 atom stereocenters. The van der Waals surface area contributed by atoms with E-state index in [1.54, 1.807) is 36.3 Å². The van der Waals surface area contributed by atoms with Crippen LogP contribution in [-0.4, -0.2) is 25.5 Å².